The Bertz CT molecular complexity index is 1250. The van der Waals surface area contributed by atoms with E-state index in [-0.39, 0.29) is 17.9 Å². The number of carbonyl (C=O) groups excluding carboxylic acids is 2. The van der Waals surface area contributed by atoms with E-state index in [1.54, 1.807) is 35.2 Å². The van der Waals surface area contributed by atoms with Crippen LogP contribution >= 0.6 is 11.6 Å². The number of piperidine rings is 1. The molecule has 2 aromatic carbocycles. The van der Waals surface area contributed by atoms with Gasteiger partial charge >= 0.3 is 5.97 Å². The van der Waals surface area contributed by atoms with E-state index in [0.29, 0.717) is 61.9 Å². The Morgan fingerprint density at radius 3 is 2.55 bits per heavy atom. The van der Waals surface area contributed by atoms with Gasteiger partial charge in [0.25, 0.3) is 5.91 Å². The second-order valence-corrected chi connectivity index (χ2v) is 14.2. The first-order chi connectivity index (χ1) is 20.0. The van der Waals surface area contributed by atoms with Crippen molar-refractivity contribution in [3.63, 3.8) is 0 Å². The highest BCUT2D eigenvalue weighted by molar-refractivity contribution is 7.90. The van der Waals surface area contributed by atoms with Crippen LogP contribution in [0.3, 0.4) is 0 Å². The van der Waals surface area contributed by atoms with Crippen molar-refractivity contribution >= 4 is 34.8 Å². The molecule has 0 bridgehead atoms. The number of halogens is 1. The number of rotatable bonds is 10. The zero-order valence-corrected chi connectivity index (χ0v) is 26.3. The molecule has 10 heteroatoms. The molecule has 1 N–H and O–H groups in total. The van der Waals surface area contributed by atoms with Crippen molar-refractivity contribution in [3.05, 3.63) is 76.8 Å². The van der Waals surface area contributed by atoms with E-state index in [1.165, 1.54) is 0 Å². The SMILES string of the molecule is C=CCOc1cc(C)c(Cl)cc1[C@H](N[S+]([O-])C(C)(C)C)C1CCN(C(=O)C2OCCC2OC(=O)c2ccccc2)CC1. The normalized spacial score (nSPS) is 21.0. The van der Waals surface area contributed by atoms with Crippen LogP contribution in [0.1, 0.15) is 67.6 Å². The average molecular weight is 617 g/mol. The summed E-state index contributed by atoms with van der Waals surface area (Å²) < 4.78 is 33.7. The Balaban J connectivity index is 1.48. The van der Waals surface area contributed by atoms with Crippen LogP contribution in [-0.4, -0.2) is 64.6 Å². The van der Waals surface area contributed by atoms with Gasteiger partial charge in [0.05, 0.1) is 18.2 Å². The third-order valence-electron chi connectivity index (χ3n) is 7.64. The van der Waals surface area contributed by atoms with Crippen LogP contribution in [0.4, 0.5) is 0 Å². The molecular weight excluding hydrogens is 576 g/mol. The minimum atomic E-state index is -1.36. The number of aryl methyl sites for hydroxylation is 1. The van der Waals surface area contributed by atoms with Crippen LogP contribution < -0.4 is 9.46 Å². The Hall–Kier alpha value is -2.56. The molecular formula is C32H41ClN2O6S. The van der Waals surface area contributed by atoms with Gasteiger partial charge in [-0.05, 0) is 76.3 Å². The number of nitrogens with one attached hydrogen (secondary N) is 1. The molecule has 228 valence electrons. The number of ether oxygens (including phenoxy) is 3. The molecule has 0 saturated carbocycles. The smallest absolute Gasteiger partial charge is 0.338 e. The predicted molar refractivity (Wildman–Crippen MR) is 165 cm³/mol. The van der Waals surface area contributed by atoms with Crippen LogP contribution in [0.15, 0.2) is 55.1 Å². The van der Waals surface area contributed by atoms with E-state index in [1.807, 2.05) is 45.9 Å². The van der Waals surface area contributed by atoms with Gasteiger partial charge in [0.15, 0.2) is 6.10 Å². The summed E-state index contributed by atoms with van der Waals surface area (Å²) in [5, 5.41) is 0.603. The minimum absolute atomic E-state index is 0.0569. The lowest BCUT2D eigenvalue weighted by atomic mass is 9.85. The van der Waals surface area contributed by atoms with Crippen LogP contribution in [-0.2, 0) is 25.6 Å². The molecule has 0 aliphatic carbocycles. The predicted octanol–water partition coefficient (Wildman–Crippen LogP) is 5.56. The van der Waals surface area contributed by atoms with E-state index >= 15 is 0 Å². The van der Waals surface area contributed by atoms with Crippen LogP contribution in [0.2, 0.25) is 5.02 Å². The Kier molecular flexibility index (Phi) is 11.0. The average Bonchev–Trinajstić information content (AvgIpc) is 3.44. The fourth-order valence-corrected chi connectivity index (χ4v) is 6.30. The summed E-state index contributed by atoms with van der Waals surface area (Å²) >= 11 is 5.21. The standard InChI is InChI=1S/C32H41ClN2O6S/c1-6-17-39-27-19-21(2)25(33)20-24(27)28(34-42(38)32(3,4)5)22-12-15-35(16-13-22)30(36)29-26(14-18-40-29)41-31(37)23-10-8-7-9-11-23/h6-11,19-20,22,26,28-29,34H,1,12-18H2,2-5H3/t26?,28-,29?,42?/m1/s1. The van der Waals surface area contributed by atoms with E-state index in [2.05, 4.69) is 11.3 Å². The Labute approximate surface area is 257 Å². The highest BCUT2D eigenvalue weighted by atomic mass is 35.5. The summed E-state index contributed by atoms with van der Waals surface area (Å²) in [6.07, 6.45) is 2.02. The molecule has 2 fully saturated rings. The molecule has 0 spiro atoms. The first-order valence-corrected chi connectivity index (χ1v) is 15.9. The molecule has 4 atom stereocenters. The van der Waals surface area contributed by atoms with E-state index in [0.717, 1.165) is 11.1 Å². The van der Waals surface area contributed by atoms with Gasteiger partial charge in [0, 0.05) is 41.5 Å². The monoisotopic (exact) mass is 616 g/mol. The third-order valence-corrected chi connectivity index (χ3v) is 9.63. The van der Waals surface area contributed by atoms with Crippen molar-refractivity contribution in [1.82, 2.24) is 9.62 Å². The molecule has 2 aliphatic rings. The molecule has 4 rings (SSSR count). The summed E-state index contributed by atoms with van der Waals surface area (Å²) in [6.45, 7) is 13.1. The van der Waals surface area contributed by atoms with Crippen LogP contribution in [0.25, 0.3) is 0 Å². The maximum absolute atomic E-state index is 13.5. The fraction of sp³-hybridized carbons (Fsp3) is 0.500. The number of carbonyl (C=O) groups is 2. The molecule has 2 heterocycles. The number of hydrogen-bond donors (Lipinski definition) is 1. The molecule has 2 saturated heterocycles. The fourth-order valence-electron chi connectivity index (χ4n) is 5.23. The largest absolute Gasteiger partial charge is 0.598 e. The van der Waals surface area contributed by atoms with Gasteiger partial charge in [-0.1, -0.05) is 42.5 Å². The van der Waals surface area contributed by atoms with Gasteiger partial charge in [-0.25, -0.2) is 4.79 Å². The summed E-state index contributed by atoms with van der Waals surface area (Å²) in [7, 11) is 0. The summed E-state index contributed by atoms with van der Waals surface area (Å²) in [4.78, 5) is 28.0. The zero-order chi connectivity index (χ0) is 30.4. The number of esters is 1. The Morgan fingerprint density at radius 1 is 1.21 bits per heavy atom. The zero-order valence-electron chi connectivity index (χ0n) is 24.8. The lowest BCUT2D eigenvalue weighted by Gasteiger charge is -2.39. The first kappa shape index (κ1) is 32.4. The van der Waals surface area contributed by atoms with Crippen molar-refractivity contribution in [3.8, 4) is 5.75 Å². The number of amides is 1. The van der Waals surface area contributed by atoms with Gasteiger partial charge in [0.2, 0.25) is 0 Å². The van der Waals surface area contributed by atoms with Crippen molar-refractivity contribution in [2.45, 2.75) is 70.0 Å². The summed E-state index contributed by atoms with van der Waals surface area (Å²) in [5.41, 5.74) is 2.16. The lowest BCUT2D eigenvalue weighted by Crippen LogP contribution is -2.50. The molecule has 2 aromatic rings. The van der Waals surface area contributed by atoms with Crippen molar-refractivity contribution in [2.75, 3.05) is 26.3 Å². The molecule has 0 radical (unpaired) electrons. The second kappa shape index (κ2) is 14.3. The minimum Gasteiger partial charge on any atom is -0.598 e. The van der Waals surface area contributed by atoms with Crippen LogP contribution in [0.5, 0.6) is 5.75 Å². The molecule has 3 unspecified atom stereocenters. The maximum atomic E-state index is 13.5. The van der Waals surface area contributed by atoms with Crippen molar-refractivity contribution < 1.29 is 28.4 Å². The van der Waals surface area contributed by atoms with Gasteiger partial charge in [-0.15, -0.1) is 4.72 Å². The molecule has 1 amide bonds. The quantitative estimate of drug-likeness (QED) is 0.212. The van der Waals surface area contributed by atoms with E-state index < -0.39 is 34.3 Å². The molecule has 42 heavy (non-hydrogen) atoms. The lowest BCUT2D eigenvalue weighted by molar-refractivity contribution is -0.146. The molecule has 2 aliphatic heterocycles. The van der Waals surface area contributed by atoms with E-state index in [4.69, 9.17) is 25.8 Å². The van der Waals surface area contributed by atoms with Gasteiger partial charge < -0.3 is 23.7 Å². The highest BCUT2D eigenvalue weighted by Gasteiger charge is 2.42. The number of likely N-dealkylation sites (tertiary alicyclic amines) is 1. The number of benzene rings is 2. The van der Waals surface area contributed by atoms with Crippen molar-refractivity contribution in [2.24, 2.45) is 5.92 Å². The highest BCUT2D eigenvalue weighted by Crippen LogP contribution is 2.40. The van der Waals surface area contributed by atoms with Gasteiger partial charge in [-0.2, -0.15) is 0 Å². The summed E-state index contributed by atoms with van der Waals surface area (Å²) in [5.74, 6) is 0.0881. The topological polar surface area (TPSA) is 100 Å². The maximum Gasteiger partial charge on any atom is 0.338 e. The third kappa shape index (κ3) is 7.88. The van der Waals surface area contributed by atoms with Gasteiger partial charge in [-0.3, -0.25) is 4.79 Å². The van der Waals surface area contributed by atoms with E-state index in [9.17, 15) is 14.1 Å². The number of nitrogens with zero attached hydrogens (tertiary/aromatic N) is 1. The summed E-state index contributed by atoms with van der Waals surface area (Å²) in [6, 6.07) is 12.2. The Morgan fingerprint density at radius 2 is 1.90 bits per heavy atom. The second-order valence-electron chi connectivity index (χ2n) is 11.8. The van der Waals surface area contributed by atoms with Crippen LogP contribution in [0, 0.1) is 12.8 Å². The molecule has 8 nitrogen and oxygen atoms in total. The first-order valence-electron chi connectivity index (χ1n) is 14.4. The van der Waals surface area contributed by atoms with Gasteiger partial charge in [0.1, 0.15) is 23.2 Å². The van der Waals surface area contributed by atoms with Crippen molar-refractivity contribution in [1.29, 1.82) is 0 Å². The molecule has 0 aromatic heterocycles. The number of hydrogen-bond acceptors (Lipinski definition) is 7.